The molecule has 2 atom stereocenters. The molecule has 0 radical (unpaired) electrons. The molecule has 0 aromatic carbocycles. The summed E-state index contributed by atoms with van der Waals surface area (Å²) in [4.78, 5) is 27.2. The number of amides is 1. The van der Waals surface area contributed by atoms with Gasteiger partial charge in [-0.2, -0.15) is 0 Å². The van der Waals surface area contributed by atoms with Crippen LogP contribution in [-0.4, -0.2) is 63.5 Å². The van der Waals surface area contributed by atoms with Crippen LogP contribution < -0.4 is 4.90 Å². The van der Waals surface area contributed by atoms with E-state index in [1.807, 2.05) is 25.7 Å². The molecule has 0 aliphatic carbocycles. The lowest BCUT2D eigenvalue weighted by molar-refractivity contribution is 0.0194. The van der Waals surface area contributed by atoms with Crippen molar-refractivity contribution in [3.05, 3.63) is 17.8 Å². The molecule has 1 aromatic rings. The van der Waals surface area contributed by atoms with E-state index in [4.69, 9.17) is 9.84 Å². The number of carbonyl (C=O) groups is 2. The van der Waals surface area contributed by atoms with Crippen molar-refractivity contribution in [1.82, 2.24) is 15.1 Å². The molecule has 1 N–H and O–H groups in total. The van der Waals surface area contributed by atoms with E-state index in [1.54, 1.807) is 6.07 Å². The maximum Gasteiger partial charge on any atom is 0.410 e. The Balaban J connectivity index is 1.64. The Hall–Kier alpha value is -2.38. The molecule has 2 fully saturated rings. The van der Waals surface area contributed by atoms with Crippen molar-refractivity contribution >= 4 is 17.9 Å². The second-order valence-corrected chi connectivity index (χ2v) is 7.61. The standard InChI is InChI=1S/C17H24N4O4/c1-17(2,3)25-16(24)21-9-6-11-10-20(8-7-13(11)21)14-5-4-12(15(22)23)18-19-14/h4-5,11,13H,6-10H2,1-3H3,(H,22,23)/t11-,13+/m1/s1. The van der Waals surface area contributed by atoms with Gasteiger partial charge in [0.05, 0.1) is 0 Å². The minimum atomic E-state index is -1.08. The van der Waals surface area contributed by atoms with Gasteiger partial charge in [-0.1, -0.05) is 0 Å². The molecule has 0 bridgehead atoms. The maximum atomic E-state index is 12.4. The molecule has 2 aliphatic heterocycles. The van der Waals surface area contributed by atoms with Gasteiger partial charge in [-0.25, -0.2) is 9.59 Å². The molecular weight excluding hydrogens is 324 g/mol. The van der Waals surface area contributed by atoms with Crippen LogP contribution in [0, 0.1) is 5.92 Å². The van der Waals surface area contributed by atoms with Gasteiger partial charge in [-0.3, -0.25) is 0 Å². The van der Waals surface area contributed by atoms with Gasteiger partial charge in [0.15, 0.2) is 11.5 Å². The van der Waals surface area contributed by atoms with E-state index in [-0.39, 0.29) is 17.8 Å². The number of likely N-dealkylation sites (tertiary alicyclic amines) is 1. The van der Waals surface area contributed by atoms with Gasteiger partial charge < -0.3 is 19.6 Å². The molecular formula is C17H24N4O4. The lowest BCUT2D eigenvalue weighted by Crippen LogP contribution is -2.49. The van der Waals surface area contributed by atoms with Gasteiger partial charge in [0, 0.05) is 25.7 Å². The summed E-state index contributed by atoms with van der Waals surface area (Å²) in [6.45, 7) is 7.87. The highest BCUT2D eigenvalue weighted by Crippen LogP contribution is 2.33. The van der Waals surface area contributed by atoms with Crippen molar-refractivity contribution in [1.29, 1.82) is 0 Å². The first-order valence-corrected chi connectivity index (χ1v) is 8.56. The fourth-order valence-corrected chi connectivity index (χ4v) is 3.55. The summed E-state index contributed by atoms with van der Waals surface area (Å²) in [6, 6.07) is 3.35. The lowest BCUT2D eigenvalue weighted by atomic mass is 9.93. The van der Waals surface area contributed by atoms with Crippen molar-refractivity contribution in [2.24, 2.45) is 5.92 Å². The largest absolute Gasteiger partial charge is 0.476 e. The fourth-order valence-electron chi connectivity index (χ4n) is 3.55. The fraction of sp³-hybridized carbons (Fsp3) is 0.647. The minimum absolute atomic E-state index is 0.0596. The second-order valence-electron chi connectivity index (χ2n) is 7.61. The molecule has 2 aliphatic rings. The van der Waals surface area contributed by atoms with Gasteiger partial charge in [0.25, 0.3) is 0 Å². The van der Waals surface area contributed by atoms with Crippen LogP contribution in [0.3, 0.4) is 0 Å². The average Bonchev–Trinajstić information content (AvgIpc) is 2.96. The number of rotatable bonds is 2. The summed E-state index contributed by atoms with van der Waals surface area (Å²) in [5.41, 5.74) is -0.548. The summed E-state index contributed by atoms with van der Waals surface area (Å²) in [5.74, 6) is -0.0389. The monoisotopic (exact) mass is 348 g/mol. The third kappa shape index (κ3) is 3.83. The van der Waals surface area contributed by atoms with E-state index < -0.39 is 11.6 Å². The summed E-state index contributed by atoms with van der Waals surface area (Å²) in [6.07, 6.45) is 1.53. The SMILES string of the molecule is CC(C)(C)OC(=O)N1CC[C@@H]2CN(c3ccc(C(=O)O)nn3)CC[C@@H]21. The zero-order valence-corrected chi connectivity index (χ0v) is 14.8. The normalized spacial score (nSPS) is 23.3. The third-order valence-electron chi connectivity index (χ3n) is 4.66. The number of carbonyl (C=O) groups excluding carboxylic acids is 1. The Bertz CT molecular complexity index is 656. The van der Waals surface area contributed by atoms with E-state index >= 15 is 0 Å². The van der Waals surface area contributed by atoms with Crippen LogP contribution in [-0.2, 0) is 4.74 Å². The van der Waals surface area contributed by atoms with Crippen molar-refractivity contribution in [2.45, 2.75) is 45.3 Å². The molecule has 1 amide bonds. The number of carboxylic acids is 1. The van der Waals surface area contributed by atoms with Crippen molar-refractivity contribution < 1.29 is 19.4 Å². The average molecular weight is 348 g/mol. The van der Waals surface area contributed by atoms with Crippen molar-refractivity contribution in [3.63, 3.8) is 0 Å². The predicted molar refractivity (Wildman–Crippen MR) is 90.7 cm³/mol. The van der Waals surface area contributed by atoms with Crippen LogP contribution in [0.15, 0.2) is 12.1 Å². The number of aromatic carboxylic acids is 1. The van der Waals surface area contributed by atoms with Crippen molar-refractivity contribution in [2.75, 3.05) is 24.5 Å². The number of aromatic nitrogens is 2. The Morgan fingerprint density at radius 3 is 2.56 bits per heavy atom. The first-order chi connectivity index (χ1) is 11.7. The Labute approximate surface area is 146 Å². The quantitative estimate of drug-likeness (QED) is 0.873. The Kier molecular flexibility index (Phi) is 4.53. The molecule has 0 spiro atoms. The smallest absolute Gasteiger partial charge is 0.410 e. The number of anilines is 1. The van der Waals surface area contributed by atoms with Gasteiger partial charge in [-0.15, -0.1) is 10.2 Å². The van der Waals surface area contributed by atoms with Gasteiger partial charge in [-0.05, 0) is 51.7 Å². The van der Waals surface area contributed by atoms with E-state index in [0.717, 1.165) is 25.9 Å². The van der Waals surface area contributed by atoms with Crippen LogP contribution in [0.25, 0.3) is 0 Å². The molecule has 0 unspecified atom stereocenters. The molecule has 3 rings (SSSR count). The minimum Gasteiger partial charge on any atom is -0.476 e. The molecule has 136 valence electrons. The summed E-state index contributed by atoms with van der Waals surface area (Å²) >= 11 is 0. The van der Waals surface area contributed by atoms with Crippen molar-refractivity contribution in [3.8, 4) is 0 Å². The van der Waals surface area contributed by atoms with E-state index in [9.17, 15) is 9.59 Å². The van der Waals surface area contributed by atoms with E-state index in [1.165, 1.54) is 6.07 Å². The highest BCUT2D eigenvalue weighted by molar-refractivity contribution is 5.85. The van der Waals surface area contributed by atoms with Crippen LogP contribution in [0.2, 0.25) is 0 Å². The van der Waals surface area contributed by atoms with Gasteiger partial charge in [0.1, 0.15) is 5.60 Å². The first-order valence-electron chi connectivity index (χ1n) is 8.56. The number of fused-ring (bicyclic) bond motifs is 1. The number of piperidine rings is 1. The molecule has 2 saturated heterocycles. The first kappa shape index (κ1) is 17.4. The number of ether oxygens (including phenoxy) is 1. The topological polar surface area (TPSA) is 95.9 Å². The maximum absolute atomic E-state index is 12.4. The van der Waals surface area contributed by atoms with Gasteiger partial charge >= 0.3 is 12.1 Å². The number of hydrogen-bond donors (Lipinski definition) is 1. The molecule has 8 heteroatoms. The summed E-state index contributed by atoms with van der Waals surface area (Å²) < 4.78 is 5.51. The number of hydrogen-bond acceptors (Lipinski definition) is 6. The van der Waals surface area contributed by atoms with Crippen LogP contribution >= 0.6 is 0 Å². The predicted octanol–water partition coefficient (Wildman–Crippen LogP) is 2.01. The van der Waals surface area contributed by atoms with Crippen LogP contribution in [0.1, 0.15) is 44.1 Å². The zero-order chi connectivity index (χ0) is 18.2. The molecule has 0 saturated carbocycles. The highest BCUT2D eigenvalue weighted by Gasteiger charge is 2.42. The summed E-state index contributed by atoms with van der Waals surface area (Å²) in [7, 11) is 0. The van der Waals surface area contributed by atoms with Gasteiger partial charge in [0.2, 0.25) is 0 Å². The number of nitrogens with zero attached hydrogens (tertiary/aromatic N) is 4. The Morgan fingerprint density at radius 1 is 1.20 bits per heavy atom. The third-order valence-corrected chi connectivity index (χ3v) is 4.66. The molecule has 25 heavy (non-hydrogen) atoms. The Morgan fingerprint density at radius 2 is 1.96 bits per heavy atom. The lowest BCUT2D eigenvalue weighted by Gasteiger charge is -2.38. The molecule has 8 nitrogen and oxygen atoms in total. The van der Waals surface area contributed by atoms with E-state index in [2.05, 4.69) is 15.1 Å². The molecule has 1 aromatic heterocycles. The van der Waals surface area contributed by atoms with Crippen LogP contribution in [0.5, 0.6) is 0 Å². The summed E-state index contributed by atoms with van der Waals surface area (Å²) in [5, 5.41) is 16.7. The number of carboxylic acid groups (broad SMARTS) is 1. The molecule has 3 heterocycles. The van der Waals surface area contributed by atoms with E-state index in [0.29, 0.717) is 18.3 Å². The highest BCUT2D eigenvalue weighted by atomic mass is 16.6. The second kappa shape index (κ2) is 6.50. The van der Waals surface area contributed by atoms with Crippen LogP contribution in [0.4, 0.5) is 10.6 Å². The zero-order valence-electron chi connectivity index (χ0n) is 14.8.